The van der Waals surface area contributed by atoms with Gasteiger partial charge in [0.25, 0.3) is 0 Å². The molecule has 4 heteroatoms. The van der Waals surface area contributed by atoms with E-state index in [1.807, 2.05) is 23.5 Å². The molecule has 0 amide bonds. The average molecular weight is 785 g/mol. The van der Waals surface area contributed by atoms with E-state index in [2.05, 4.69) is 216 Å². The van der Waals surface area contributed by atoms with E-state index < -0.39 is 0 Å². The third kappa shape index (κ3) is 5.88. The molecule has 10 aromatic carbocycles. The summed E-state index contributed by atoms with van der Waals surface area (Å²) in [5.41, 5.74) is 10.9. The fraction of sp³-hybridized carbons (Fsp3) is 0. The minimum Gasteiger partial charge on any atom is -0.456 e. The maximum absolute atomic E-state index is 6.18. The van der Waals surface area contributed by atoms with Crippen molar-refractivity contribution < 1.29 is 4.42 Å². The van der Waals surface area contributed by atoms with Crippen LogP contribution in [0.3, 0.4) is 0 Å². The van der Waals surface area contributed by atoms with Crippen molar-refractivity contribution in [1.82, 2.24) is 0 Å². The fourth-order valence-electron chi connectivity index (χ4n) is 8.86. The van der Waals surface area contributed by atoms with Crippen molar-refractivity contribution >= 4 is 109 Å². The number of benzene rings is 10. The van der Waals surface area contributed by atoms with Crippen LogP contribution in [0.1, 0.15) is 0 Å². The van der Waals surface area contributed by atoms with Crippen LogP contribution in [0.15, 0.2) is 223 Å². The predicted octanol–water partition coefficient (Wildman–Crippen LogP) is 16.9. The molecule has 0 aliphatic rings. The molecule has 0 bridgehead atoms. The summed E-state index contributed by atoms with van der Waals surface area (Å²) in [6, 6.07) is 78.8. The van der Waals surface area contributed by atoms with Gasteiger partial charge in [-0.1, -0.05) is 109 Å². The Labute approximate surface area is 351 Å². The van der Waals surface area contributed by atoms with Crippen molar-refractivity contribution in [1.29, 1.82) is 0 Å². The smallest absolute Gasteiger partial charge is 0.135 e. The number of furan rings is 1. The third-order valence-electron chi connectivity index (χ3n) is 11.8. The van der Waals surface area contributed by atoms with Gasteiger partial charge in [-0.15, -0.1) is 11.3 Å². The third-order valence-corrected chi connectivity index (χ3v) is 12.9. The zero-order valence-corrected chi connectivity index (χ0v) is 33.3. The predicted molar refractivity (Wildman–Crippen MR) is 256 cm³/mol. The topological polar surface area (TPSA) is 19.6 Å². The van der Waals surface area contributed by atoms with E-state index in [0.29, 0.717) is 0 Å². The molecule has 2 aromatic heterocycles. The zero-order valence-electron chi connectivity index (χ0n) is 32.5. The highest BCUT2D eigenvalue weighted by atomic mass is 32.1. The summed E-state index contributed by atoms with van der Waals surface area (Å²) >= 11 is 1.85. The Bertz CT molecular complexity index is 3330. The standard InChI is InChI=1S/C56H36N2OS/c1-3-11-43(12-4-1)57(47-27-29-54-51(35-47)49-15-7-9-17-53(49)59-54)45-25-23-39-31-37(19-21-41(39)33-45)38-20-22-42-34-46(26-24-40(42)32-38)58(44-13-5-2-6-14-44)48-28-30-56-52(36-48)50-16-8-10-18-55(50)60-56/h1-36H. The van der Waals surface area contributed by atoms with E-state index >= 15 is 0 Å². The van der Waals surface area contributed by atoms with Crippen LogP contribution in [-0.4, -0.2) is 0 Å². The van der Waals surface area contributed by atoms with Crippen molar-refractivity contribution in [3.63, 3.8) is 0 Å². The molecular formula is C56H36N2OS. The van der Waals surface area contributed by atoms with Crippen LogP contribution in [-0.2, 0) is 0 Å². The van der Waals surface area contributed by atoms with Crippen LogP contribution in [0.2, 0.25) is 0 Å². The second-order valence-corrected chi connectivity index (χ2v) is 16.5. The molecule has 0 atom stereocenters. The van der Waals surface area contributed by atoms with Crippen molar-refractivity contribution in [3.05, 3.63) is 218 Å². The minimum absolute atomic E-state index is 0.892. The van der Waals surface area contributed by atoms with Gasteiger partial charge in [-0.2, -0.15) is 0 Å². The van der Waals surface area contributed by atoms with Crippen molar-refractivity contribution in [2.75, 3.05) is 9.80 Å². The number of anilines is 6. The van der Waals surface area contributed by atoms with Gasteiger partial charge in [0.2, 0.25) is 0 Å². The number of nitrogens with zero attached hydrogens (tertiary/aromatic N) is 2. The SMILES string of the molecule is c1ccc(N(c2ccc3cc(-c4ccc5cc(N(c6ccccc6)c6ccc7sc8ccccc8c7c6)ccc5c4)ccc3c2)c2ccc3oc4ccccc4c3c2)cc1. The first kappa shape index (κ1) is 34.4. The number of hydrogen-bond donors (Lipinski definition) is 0. The first-order chi connectivity index (χ1) is 29.7. The van der Waals surface area contributed by atoms with E-state index in [4.69, 9.17) is 4.42 Å². The van der Waals surface area contributed by atoms with E-state index in [1.54, 1.807) is 0 Å². The molecule has 0 unspecified atom stereocenters. The number of para-hydroxylation sites is 3. The maximum atomic E-state index is 6.18. The van der Waals surface area contributed by atoms with E-state index in [1.165, 1.54) is 52.8 Å². The van der Waals surface area contributed by atoms with Gasteiger partial charge in [-0.25, -0.2) is 0 Å². The molecule has 0 aliphatic carbocycles. The van der Waals surface area contributed by atoms with E-state index in [-0.39, 0.29) is 0 Å². The number of hydrogen-bond acceptors (Lipinski definition) is 4. The first-order valence-electron chi connectivity index (χ1n) is 20.3. The van der Waals surface area contributed by atoms with Gasteiger partial charge in [0.05, 0.1) is 0 Å². The second kappa shape index (κ2) is 14.0. The summed E-state index contributed by atoms with van der Waals surface area (Å²) in [5.74, 6) is 0. The average Bonchev–Trinajstić information content (AvgIpc) is 3.87. The second-order valence-electron chi connectivity index (χ2n) is 15.4. The monoisotopic (exact) mass is 784 g/mol. The lowest BCUT2D eigenvalue weighted by atomic mass is 9.98. The zero-order chi connectivity index (χ0) is 39.6. The Balaban J connectivity index is 0.889. The highest BCUT2D eigenvalue weighted by Gasteiger charge is 2.18. The summed E-state index contributed by atoms with van der Waals surface area (Å²) < 4.78 is 8.80. The van der Waals surface area contributed by atoms with Crippen molar-refractivity contribution in [3.8, 4) is 11.1 Å². The normalized spacial score (nSPS) is 11.7. The number of thiophene rings is 1. The highest BCUT2D eigenvalue weighted by molar-refractivity contribution is 7.25. The molecule has 0 saturated heterocycles. The summed E-state index contributed by atoms with van der Waals surface area (Å²) in [5, 5.41) is 9.63. The summed E-state index contributed by atoms with van der Waals surface area (Å²) in [7, 11) is 0. The molecule has 282 valence electrons. The van der Waals surface area contributed by atoms with E-state index in [9.17, 15) is 0 Å². The molecule has 0 radical (unpaired) electrons. The molecule has 2 heterocycles. The van der Waals surface area contributed by atoms with Crippen LogP contribution >= 0.6 is 11.3 Å². The summed E-state index contributed by atoms with van der Waals surface area (Å²) in [6.45, 7) is 0. The maximum Gasteiger partial charge on any atom is 0.135 e. The lowest BCUT2D eigenvalue weighted by Gasteiger charge is -2.26. The minimum atomic E-state index is 0.892. The van der Waals surface area contributed by atoms with Crippen LogP contribution in [0.25, 0.3) is 74.8 Å². The van der Waals surface area contributed by atoms with Gasteiger partial charge < -0.3 is 14.2 Å². The molecule has 0 saturated carbocycles. The Morgan fingerprint density at radius 3 is 1.38 bits per heavy atom. The van der Waals surface area contributed by atoms with Crippen LogP contribution < -0.4 is 9.80 Å². The molecule has 0 fully saturated rings. The van der Waals surface area contributed by atoms with Gasteiger partial charge in [0.1, 0.15) is 11.2 Å². The molecule has 0 spiro atoms. The molecule has 12 rings (SSSR count). The molecule has 0 aliphatic heterocycles. The van der Waals surface area contributed by atoms with Crippen LogP contribution in [0, 0.1) is 0 Å². The van der Waals surface area contributed by atoms with Gasteiger partial charge in [0, 0.05) is 65.1 Å². The Morgan fingerprint density at radius 2 is 0.733 bits per heavy atom. The number of rotatable bonds is 7. The first-order valence-corrected chi connectivity index (χ1v) is 21.1. The highest BCUT2D eigenvalue weighted by Crippen LogP contribution is 2.43. The molecule has 0 N–H and O–H groups in total. The lowest BCUT2D eigenvalue weighted by molar-refractivity contribution is 0.669. The van der Waals surface area contributed by atoms with Gasteiger partial charge in [-0.3, -0.25) is 0 Å². The largest absolute Gasteiger partial charge is 0.456 e. The van der Waals surface area contributed by atoms with Gasteiger partial charge in [-0.05, 0) is 142 Å². The van der Waals surface area contributed by atoms with Gasteiger partial charge >= 0.3 is 0 Å². The van der Waals surface area contributed by atoms with Crippen LogP contribution in [0.4, 0.5) is 34.1 Å². The Hall–Kier alpha value is -7.66. The molecule has 12 aromatic rings. The van der Waals surface area contributed by atoms with Crippen molar-refractivity contribution in [2.45, 2.75) is 0 Å². The van der Waals surface area contributed by atoms with E-state index in [0.717, 1.165) is 56.1 Å². The molecule has 3 nitrogen and oxygen atoms in total. The number of fused-ring (bicyclic) bond motifs is 8. The Morgan fingerprint density at radius 1 is 0.283 bits per heavy atom. The Kier molecular flexibility index (Phi) is 8.03. The molecular weight excluding hydrogens is 749 g/mol. The fourth-order valence-corrected chi connectivity index (χ4v) is 9.94. The van der Waals surface area contributed by atoms with Crippen LogP contribution in [0.5, 0.6) is 0 Å². The van der Waals surface area contributed by atoms with Gasteiger partial charge in [0.15, 0.2) is 0 Å². The lowest BCUT2D eigenvalue weighted by Crippen LogP contribution is -2.09. The molecule has 60 heavy (non-hydrogen) atoms. The quantitative estimate of drug-likeness (QED) is 0.160. The van der Waals surface area contributed by atoms with Crippen molar-refractivity contribution in [2.24, 2.45) is 0 Å². The summed E-state index contributed by atoms with van der Waals surface area (Å²) in [4.78, 5) is 4.70. The summed E-state index contributed by atoms with van der Waals surface area (Å²) in [6.07, 6.45) is 0.